The van der Waals surface area contributed by atoms with E-state index in [-0.39, 0.29) is 6.54 Å². The Morgan fingerprint density at radius 3 is 2.64 bits per heavy atom. The largest absolute Gasteiger partial charge is 0.387 e. The molecule has 60 valence electrons. The highest BCUT2D eigenvalue weighted by atomic mass is 16.5. The van der Waals surface area contributed by atoms with Crippen LogP contribution >= 0.6 is 0 Å². The Labute approximate surface area is 64.5 Å². The monoisotopic (exact) mass is 154 g/mol. The molecule has 1 rings (SSSR count). The molecule has 11 heavy (non-hydrogen) atoms. The molecule has 0 aliphatic heterocycles. The third-order valence-corrected chi connectivity index (χ3v) is 1.38. The zero-order valence-corrected chi connectivity index (χ0v) is 5.94. The second kappa shape index (κ2) is 4.02. The van der Waals surface area contributed by atoms with Crippen molar-refractivity contribution in [2.75, 3.05) is 6.54 Å². The fourth-order valence-corrected chi connectivity index (χ4v) is 0.790. The molecule has 0 fully saturated rings. The lowest BCUT2D eigenvalue weighted by Gasteiger charge is -2.07. The molecule has 0 bridgehead atoms. The van der Waals surface area contributed by atoms with Gasteiger partial charge in [-0.2, -0.15) is 0 Å². The first kappa shape index (κ1) is 8.13. The van der Waals surface area contributed by atoms with Crippen LogP contribution in [-0.2, 0) is 0 Å². The zero-order chi connectivity index (χ0) is 8.10. The first-order valence-electron chi connectivity index (χ1n) is 3.29. The molecule has 0 aliphatic carbocycles. The van der Waals surface area contributed by atoms with Crippen LogP contribution in [0.25, 0.3) is 0 Å². The predicted molar refractivity (Wildman–Crippen MR) is 39.0 cm³/mol. The number of nitrogens with zero attached hydrogens (tertiary/aromatic N) is 1. The van der Waals surface area contributed by atoms with Crippen molar-refractivity contribution < 1.29 is 10.3 Å². The maximum atomic E-state index is 9.27. The van der Waals surface area contributed by atoms with Gasteiger partial charge in [-0.25, -0.2) is 5.48 Å². The summed E-state index contributed by atoms with van der Waals surface area (Å²) >= 11 is 0. The van der Waals surface area contributed by atoms with E-state index in [1.165, 1.54) is 0 Å². The first-order chi connectivity index (χ1) is 5.34. The highest BCUT2D eigenvalue weighted by Crippen LogP contribution is 2.08. The molecule has 0 saturated carbocycles. The van der Waals surface area contributed by atoms with E-state index < -0.39 is 6.10 Å². The van der Waals surface area contributed by atoms with Gasteiger partial charge in [0.25, 0.3) is 0 Å². The Hall–Kier alpha value is -0.970. The van der Waals surface area contributed by atoms with Crippen molar-refractivity contribution in [3.8, 4) is 0 Å². The van der Waals surface area contributed by atoms with Crippen molar-refractivity contribution in [1.29, 1.82) is 0 Å². The van der Waals surface area contributed by atoms with Crippen LogP contribution in [-0.4, -0.2) is 21.8 Å². The molecule has 1 unspecified atom stereocenters. The molecule has 3 N–H and O–H groups in total. The van der Waals surface area contributed by atoms with Gasteiger partial charge in [-0.1, -0.05) is 0 Å². The van der Waals surface area contributed by atoms with Crippen molar-refractivity contribution >= 4 is 0 Å². The lowest BCUT2D eigenvalue weighted by atomic mass is 10.1. The molecule has 1 heterocycles. The molecule has 1 aromatic rings. The number of hydrogen-bond donors (Lipinski definition) is 3. The standard InChI is InChI=1S/C7H10N2O2/c10-7(5-9-11)6-1-3-8-4-2-6/h1-4,7,9-11H,5H2. The third kappa shape index (κ3) is 2.27. The molecule has 1 atom stereocenters. The maximum Gasteiger partial charge on any atom is 0.0938 e. The normalized spacial score (nSPS) is 12.9. The second-order valence-corrected chi connectivity index (χ2v) is 2.16. The summed E-state index contributed by atoms with van der Waals surface area (Å²) in [5.41, 5.74) is 2.63. The van der Waals surface area contributed by atoms with Crippen molar-refractivity contribution in [3.63, 3.8) is 0 Å². The molecule has 0 amide bonds. The van der Waals surface area contributed by atoms with E-state index in [1.807, 2.05) is 5.48 Å². The van der Waals surface area contributed by atoms with Crippen molar-refractivity contribution in [2.24, 2.45) is 0 Å². The third-order valence-electron chi connectivity index (χ3n) is 1.38. The average Bonchev–Trinajstić information content (AvgIpc) is 2.07. The number of hydrogen-bond acceptors (Lipinski definition) is 4. The zero-order valence-electron chi connectivity index (χ0n) is 5.94. The number of aliphatic hydroxyl groups is 1. The van der Waals surface area contributed by atoms with Crippen LogP contribution in [0.3, 0.4) is 0 Å². The van der Waals surface area contributed by atoms with E-state index in [9.17, 15) is 5.11 Å². The second-order valence-electron chi connectivity index (χ2n) is 2.16. The van der Waals surface area contributed by atoms with E-state index in [4.69, 9.17) is 5.21 Å². The Kier molecular flexibility index (Phi) is 2.97. The minimum absolute atomic E-state index is 0.129. The van der Waals surface area contributed by atoms with Gasteiger partial charge in [0.15, 0.2) is 0 Å². The van der Waals surface area contributed by atoms with Crippen LogP contribution in [0, 0.1) is 0 Å². The molecule has 0 radical (unpaired) electrons. The number of hydroxylamine groups is 1. The summed E-state index contributed by atoms with van der Waals surface area (Å²) < 4.78 is 0. The lowest BCUT2D eigenvalue weighted by Crippen LogP contribution is -2.17. The van der Waals surface area contributed by atoms with Crippen LogP contribution < -0.4 is 5.48 Å². The summed E-state index contributed by atoms with van der Waals surface area (Å²) in [7, 11) is 0. The maximum absolute atomic E-state index is 9.27. The summed E-state index contributed by atoms with van der Waals surface area (Å²) in [6.45, 7) is 0.129. The van der Waals surface area contributed by atoms with Crippen LogP contribution in [0.15, 0.2) is 24.5 Å². The van der Waals surface area contributed by atoms with Gasteiger partial charge in [-0.05, 0) is 17.7 Å². The number of aromatic nitrogens is 1. The van der Waals surface area contributed by atoms with Crippen molar-refractivity contribution in [1.82, 2.24) is 10.5 Å². The van der Waals surface area contributed by atoms with Gasteiger partial charge >= 0.3 is 0 Å². The van der Waals surface area contributed by atoms with Gasteiger partial charge in [0.1, 0.15) is 0 Å². The summed E-state index contributed by atoms with van der Waals surface area (Å²) in [6, 6.07) is 3.39. The summed E-state index contributed by atoms with van der Waals surface area (Å²) in [5, 5.41) is 17.5. The Balaban J connectivity index is 2.61. The molecular weight excluding hydrogens is 144 g/mol. The van der Waals surface area contributed by atoms with Gasteiger partial charge < -0.3 is 10.3 Å². The molecule has 4 nitrogen and oxygen atoms in total. The number of nitrogens with one attached hydrogen (secondary N) is 1. The minimum atomic E-state index is -0.678. The highest BCUT2D eigenvalue weighted by Gasteiger charge is 2.04. The van der Waals surface area contributed by atoms with Gasteiger partial charge in [-0.15, -0.1) is 0 Å². The fraction of sp³-hybridized carbons (Fsp3) is 0.286. The molecule has 0 saturated heterocycles. The van der Waals surface area contributed by atoms with Crippen LogP contribution in [0.1, 0.15) is 11.7 Å². The summed E-state index contributed by atoms with van der Waals surface area (Å²) in [5.74, 6) is 0. The number of aliphatic hydroxyl groups excluding tert-OH is 1. The van der Waals surface area contributed by atoms with E-state index in [0.29, 0.717) is 0 Å². The first-order valence-corrected chi connectivity index (χ1v) is 3.29. The number of rotatable bonds is 3. The smallest absolute Gasteiger partial charge is 0.0938 e. The predicted octanol–water partition coefficient (Wildman–Crippen LogP) is 0.0938. The molecule has 4 heteroatoms. The van der Waals surface area contributed by atoms with E-state index in [0.717, 1.165) is 5.56 Å². The van der Waals surface area contributed by atoms with Crippen LogP contribution in [0.4, 0.5) is 0 Å². The Morgan fingerprint density at radius 1 is 1.45 bits per heavy atom. The van der Waals surface area contributed by atoms with Gasteiger partial charge in [0, 0.05) is 12.4 Å². The minimum Gasteiger partial charge on any atom is -0.387 e. The lowest BCUT2D eigenvalue weighted by molar-refractivity contribution is 0.0921. The van der Waals surface area contributed by atoms with Gasteiger partial charge in [0.05, 0.1) is 12.6 Å². The topological polar surface area (TPSA) is 65.4 Å². The molecular formula is C7H10N2O2. The van der Waals surface area contributed by atoms with Crippen molar-refractivity contribution in [2.45, 2.75) is 6.10 Å². The van der Waals surface area contributed by atoms with E-state index in [2.05, 4.69) is 4.98 Å². The Bertz CT molecular complexity index is 203. The van der Waals surface area contributed by atoms with Crippen molar-refractivity contribution in [3.05, 3.63) is 30.1 Å². The fourth-order valence-electron chi connectivity index (χ4n) is 0.790. The average molecular weight is 154 g/mol. The highest BCUT2D eigenvalue weighted by molar-refractivity contribution is 5.12. The quantitative estimate of drug-likeness (QED) is 0.540. The molecule has 0 aliphatic rings. The summed E-state index contributed by atoms with van der Waals surface area (Å²) in [4.78, 5) is 3.79. The summed E-state index contributed by atoms with van der Waals surface area (Å²) in [6.07, 6.45) is 2.51. The van der Waals surface area contributed by atoms with Gasteiger partial charge in [0.2, 0.25) is 0 Å². The van der Waals surface area contributed by atoms with E-state index in [1.54, 1.807) is 24.5 Å². The number of pyridine rings is 1. The van der Waals surface area contributed by atoms with Crippen LogP contribution in [0.5, 0.6) is 0 Å². The SMILES string of the molecule is ONCC(O)c1ccncc1. The van der Waals surface area contributed by atoms with Crippen LogP contribution in [0.2, 0.25) is 0 Å². The Morgan fingerprint density at radius 2 is 2.09 bits per heavy atom. The molecule has 1 aromatic heterocycles. The van der Waals surface area contributed by atoms with Gasteiger partial charge in [-0.3, -0.25) is 4.98 Å². The van der Waals surface area contributed by atoms with E-state index >= 15 is 0 Å². The molecule has 0 aromatic carbocycles. The molecule has 0 spiro atoms.